The normalized spacial score (nSPS) is 11.8. The van der Waals surface area contributed by atoms with Gasteiger partial charge in [-0.15, -0.1) is 11.3 Å². The lowest BCUT2D eigenvalue weighted by atomic mass is 10.1. The fourth-order valence-corrected chi connectivity index (χ4v) is 2.79. The molecule has 2 aromatic rings. The minimum absolute atomic E-state index is 0.0553. The number of anilines is 2. The first-order valence-electron chi connectivity index (χ1n) is 6.40. The van der Waals surface area contributed by atoms with Crippen molar-refractivity contribution in [1.29, 1.82) is 0 Å². The van der Waals surface area contributed by atoms with E-state index in [0.29, 0.717) is 20.9 Å². The molecule has 0 fully saturated rings. The van der Waals surface area contributed by atoms with Crippen LogP contribution in [0.4, 0.5) is 10.8 Å². The van der Waals surface area contributed by atoms with E-state index < -0.39 is 5.92 Å². The number of thiazole rings is 1. The van der Waals surface area contributed by atoms with Crippen molar-refractivity contribution in [2.75, 3.05) is 10.6 Å². The van der Waals surface area contributed by atoms with Gasteiger partial charge < -0.3 is 10.6 Å². The summed E-state index contributed by atoms with van der Waals surface area (Å²) in [6.45, 7) is 1.67. The molecule has 0 aliphatic heterocycles. The Morgan fingerprint density at radius 3 is 2.50 bits per heavy atom. The van der Waals surface area contributed by atoms with Crippen LogP contribution in [0.25, 0.3) is 0 Å². The molecule has 1 aromatic heterocycles. The molecule has 1 unspecified atom stereocenters. The molecule has 0 saturated heterocycles. The summed E-state index contributed by atoms with van der Waals surface area (Å²) in [6, 6.07) is 4.76. The number of rotatable bonds is 5. The zero-order valence-electron chi connectivity index (χ0n) is 11.6. The number of carbonyl (C=O) groups is 2. The van der Waals surface area contributed by atoms with Gasteiger partial charge >= 0.3 is 0 Å². The first-order chi connectivity index (χ1) is 10.4. The van der Waals surface area contributed by atoms with E-state index in [2.05, 4.69) is 15.6 Å². The van der Waals surface area contributed by atoms with Gasteiger partial charge in [0.05, 0.1) is 0 Å². The fraction of sp³-hybridized carbons (Fsp3) is 0.214. The van der Waals surface area contributed by atoms with Crippen molar-refractivity contribution < 1.29 is 9.59 Å². The number of nitrogens with one attached hydrogen (secondary N) is 2. The number of halogens is 2. The van der Waals surface area contributed by atoms with Crippen LogP contribution in [0.5, 0.6) is 0 Å². The quantitative estimate of drug-likeness (QED) is 0.847. The van der Waals surface area contributed by atoms with Crippen molar-refractivity contribution in [1.82, 2.24) is 4.98 Å². The van der Waals surface area contributed by atoms with Gasteiger partial charge in [-0.1, -0.05) is 30.1 Å². The number of amides is 2. The summed E-state index contributed by atoms with van der Waals surface area (Å²) in [5.74, 6) is -1.05. The predicted octanol–water partition coefficient (Wildman–Crippen LogP) is 4.05. The summed E-state index contributed by atoms with van der Waals surface area (Å²) in [5, 5.41) is 8.45. The van der Waals surface area contributed by atoms with Crippen molar-refractivity contribution >= 4 is 57.2 Å². The zero-order valence-corrected chi connectivity index (χ0v) is 13.9. The molecule has 1 atom stereocenters. The van der Waals surface area contributed by atoms with E-state index in [1.807, 2.05) is 0 Å². The van der Waals surface area contributed by atoms with Crippen LogP contribution in [0.3, 0.4) is 0 Å². The third kappa shape index (κ3) is 4.98. The molecule has 0 aliphatic carbocycles. The lowest BCUT2D eigenvalue weighted by Gasteiger charge is -2.12. The summed E-state index contributed by atoms with van der Waals surface area (Å²) in [7, 11) is 0. The zero-order chi connectivity index (χ0) is 16.1. The Kier molecular flexibility index (Phi) is 5.76. The second kappa shape index (κ2) is 7.58. The van der Waals surface area contributed by atoms with E-state index in [1.54, 1.807) is 36.7 Å². The van der Waals surface area contributed by atoms with E-state index in [0.717, 1.165) is 0 Å². The molecule has 5 nitrogen and oxygen atoms in total. The van der Waals surface area contributed by atoms with E-state index in [9.17, 15) is 9.59 Å². The minimum Gasteiger partial charge on any atom is -0.326 e. The van der Waals surface area contributed by atoms with Gasteiger partial charge in [0, 0.05) is 39.6 Å². The third-order valence-electron chi connectivity index (χ3n) is 2.75. The molecule has 0 spiro atoms. The van der Waals surface area contributed by atoms with Crippen molar-refractivity contribution in [3.63, 3.8) is 0 Å². The monoisotopic (exact) mass is 357 g/mol. The van der Waals surface area contributed by atoms with E-state index in [4.69, 9.17) is 23.2 Å². The molecule has 22 heavy (non-hydrogen) atoms. The van der Waals surface area contributed by atoms with Crippen LogP contribution in [0, 0.1) is 5.92 Å². The van der Waals surface area contributed by atoms with Crippen LogP contribution in [0.1, 0.15) is 13.3 Å². The van der Waals surface area contributed by atoms with Crippen molar-refractivity contribution in [2.24, 2.45) is 5.92 Å². The molecule has 0 radical (unpaired) electrons. The largest absolute Gasteiger partial charge is 0.326 e. The van der Waals surface area contributed by atoms with Crippen LogP contribution >= 0.6 is 34.5 Å². The molecule has 0 bridgehead atoms. The molecular formula is C14H13Cl2N3O2S. The Hall–Kier alpha value is -1.63. The molecule has 0 saturated carbocycles. The summed E-state index contributed by atoms with van der Waals surface area (Å²) < 4.78 is 0. The van der Waals surface area contributed by atoms with Crippen LogP contribution in [-0.4, -0.2) is 16.8 Å². The molecule has 0 aliphatic rings. The minimum atomic E-state index is -0.502. The molecule has 2 amide bonds. The third-order valence-corrected chi connectivity index (χ3v) is 3.87. The highest BCUT2D eigenvalue weighted by molar-refractivity contribution is 7.13. The molecule has 2 rings (SSSR count). The summed E-state index contributed by atoms with van der Waals surface area (Å²) in [6.07, 6.45) is 1.65. The maximum absolute atomic E-state index is 12.1. The van der Waals surface area contributed by atoms with Crippen LogP contribution in [0.15, 0.2) is 29.8 Å². The number of benzene rings is 1. The maximum Gasteiger partial charge on any atom is 0.227 e. The summed E-state index contributed by atoms with van der Waals surface area (Å²) in [5.41, 5.74) is 0.495. The van der Waals surface area contributed by atoms with Crippen LogP contribution in [-0.2, 0) is 9.59 Å². The number of hydrogen-bond donors (Lipinski definition) is 2. The molecule has 2 N–H and O–H groups in total. The second-order valence-electron chi connectivity index (χ2n) is 4.64. The van der Waals surface area contributed by atoms with E-state index >= 15 is 0 Å². The van der Waals surface area contributed by atoms with Gasteiger partial charge in [-0.05, 0) is 18.2 Å². The highest BCUT2D eigenvalue weighted by Gasteiger charge is 2.18. The lowest BCUT2D eigenvalue weighted by Crippen LogP contribution is -2.25. The van der Waals surface area contributed by atoms with E-state index in [-0.39, 0.29) is 18.2 Å². The highest BCUT2D eigenvalue weighted by atomic mass is 35.5. The fourth-order valence-electron chi connectivity index (χ4n) is 1.72. The van der Waals surface area contributed by atoms with Gasteiger partial charge in [0.25, 0.3) is 0 Å². The van der Waals surface area contributed by atoms with E-state index in [1.165, 1.54) is 11.3 Å². The topological polar surface area (TPSA) is 71.1 Å². The Bertz CT molecular complexity index is 656. The summed E-state index contributed by atoms with van der Waals surface area (Å²) in [4.78, 5) is 27.9. The van der Waals surface area contributed by atoms with Crippen LogP contribution in [0.2, 0.25) is 10.0 Å². The number of aromatic nitrogens is 1. The predicted molar refractivity (Wildman–Crippen MR) is 89.6 cm³/mol. The van der Waals surface area contributed by atoms with Crippen molar-refractivity contribution in [3.05, 3.63) is 39.8 Å². The van der Waals surface area contributed by atoms with Gasteiger partial charge in [-0.2, -0.15) is 0 Å². The first kappa shape index (κ1) is 16.7. The lowest BCUT2D eigenvalue weighted by molar-refractivity contribution is -0.124. The highest BCUT2D eigenvalue weighted by Crippen LogP contribution is 2.23. The van der Waals surface area contributed by atoms with Crippen molar-refractivity contribution in [2.45, 2.75) is 13.3 Å². The number of hydrogen-bond acceptors (Lipinski definition) is 4. The Morgan fingerprint density at radius 2 is 1.91 bits per heavy atom. The van der Waals surface area contributed by atoms with Gasteiger partial charge in [-0.25, -0.2) is 4.98 Å². The van der Waals surface area contributed by atoms with Gasteiger partial charge in [-0.3, -0.25) is 9.59 Å². The Morgan fingerprint density at radius 1 is 1.23 bits per heavy atom. The molecule has 1 aromatic carbocycles. The SMILES string of the molecule is CC(CC(=O)Nc1nccs1)C(=O)Nc1cc(Cl)cc(Cl)c1. The smallest absolute Gasteiger partial charge is 0.227 e. The Balaban J connectivity index is 1.90. The molecular weight excluding hydrogens is 345 g/mol. The maximum atomic E-state index is 12.1. The van der Waals surface area contributed by atoms with Gasteiger partial charge in [0.2, 0.25) is 11.8 Å². The number of carbonyl (C=O) groups excluding carboxylic acids is 2. The number of nitrogens with zero attached hydrogens (tertiary/aromatic N) is 1. The standard InChI is InChI=1S/C14H13Cl2N3O2S/c1-8(4-12(20)19-14-17-2-3-22-14)13(21)18-11-6-9(15)5-10(16)7-11/h2-3,5-8H,4H2,1H3,(H,18,21)(H,17,19,20). The Labute approximate surface area is 141 Å². The average molecular weight is 358 g/mol. The van der Waals surface area contributed by atoms with Gasteiger partial charge in [0.1, 0.15) is 0 Å². The summed E-state index contributed by atoms with van der Waals surface area (Å²) >= 11 is 13.1. The molecule has 8 heteroatoms. The second-order valence-corrected chi connectivity index (χ2v) is 6.41. The first-order valence-corrected chi connectivity index (χ1v) is 8.04. The molecule has 116 valence electrons. The van der Waals surface area contributed by atoms with Gasteiger partial charge in [0.15, 0.2) is 5.13 Å². The van der Waals surface area contributed by atoms with Crippen LogP contribution < -0.4 is 10.6 Å². The average Bonchev–Trinajstić information content (AvgIpc) is 2.89. The molecule has 1 heterocycles. The van der Waals surface area contributed by atoms with Crippen molar-refractivity contribution in [3.8, 4) is 0 Å².